The van der Waals surface area contributed by atoms with Gasteiger partial charge in [0.15, 0.2) is 17.0 Å². The van der Waals surface area contributed by atoms with Gasteiger partial charge in [-0.15, -0.1) is 0 Å². The number of aromatic nitrogens is 5. The lowest BCUT2D eigenvalue weighted by molar-refractivity contribution is 0.613. The van der Waals surface area contributed by atoms with Gasteiger partial charge in [0.05, 0.1) is 6.33 Å². The van der Waals surface area contributed by atoms with Crippen LogP contribution in [0.4, 0.5) is 11.8 Å². The largest absolute Gasteiger partial charge is 0.364 e. The maximum Gasteiger partial charge on any atom is 0.253 e. The molecule has 8 heteroatoms. The lowest BCUT2D eigenvalue weighted by Crippen LogP contribution is -2.19. The second kappa shape index (κ2) is 6.54. The third kappa shape index (κ3) is 3.19. The summed E-state index contributed by atoms with van der Waals surface area (Å²) in [5.74, 6) is 1.11. The molecule has 0 amide bonds. The number of rotatable bonds is 5. The van der Waals surface area contributed by atoms with E-state index in [2.05, 4.69) is 44.4 Å². The predicted molar refractivity (Wildman–Crippen MR) is 99.1 cm³/mol. The molecule has 0 saturated heterocycles. The molecule has 3 aromatic rings. The summed E-state index contributed by atoms with van der Waals surface area (Å²) in [7, 11) is 1.77. The van der Waals surface area contributed by atoms with Gasteiger partial charge in [0.1, 0.15) is 0 Å². The number of fused-ring (bicyclic) bond motifs is 1. The summed E-state index contributed by atoms with van der Waals surface area (Å²) in [6.07, 6.45) is 1.76. The third-order valence-corrected chi connectivity index (χ3v) is 4.13. The normalized spacial score (nSPS) is 11.3. The lowest BCUT2D eigenvalue weighted by Gasteiger charge is -2.11. The number of pyridine rings is 1. The standard InChI is InChI=1S/C17H23N7O/c1-9(2)24-8-20-13-14(22-17(18-5)23-15(13)24)19-7-12-10(3)6-11(4)21-16(12)25/h6,8-9H,7H2,1-5H3,(H,21,25)(H2,18,19,22,23). The van der Waals surface area contributed by atoms with Crippen molar-refractivity contribution < 1.29 is 0 Å². The Morgan fingerprint density at radius 2 is 2.04 bits per heavy atom. The average molecular weight is 341 g/mol. The molecule has 0 radical (unpaired) electrons. The predicted octanol–water partition coefficient (Wildman–Crippen LogP) is 2.37. The van der Waals surface area contributed by atoms with E-state index in [4.69, 9.17) is 0 Å². The number of nitrogens with one attached hydrogen (secondary N) is 3. The molecule has 0 unspecified atom stereocenters. The minimum Gasteiger partial charge on any atom is -0.364 e. The van der Waals surface area contributed by atoms with Crippen molar-refractivity contribution in [2.75, 3.05) is 17.7 Å². The average Bonchev–Trinajstić information content (AvgIpc) is 2.97. The first-order valence-electron chi connectivity index (χ1n) is 8.26. The fourth-order valence-corrected chi connectivity index (χ4v) is 2.80. The molecule has 0 fully saturated rings. The van der Waals surface area contributed by atoms with Gasteiger partial charge in [-0.2, -0.15) is 9.97 Å². The first-order chi connectivity index (χ1) is 11.9. The molecule has 0 aliphatic heterocycles. The van der Waals surface area contributed by atoms with Crippen LogP contribution in [-0.4, -0.2) is 31.6 Å². The zero-order chi connectivity index (χ0) is 18.1. The SMILES string of the molecule is CNc1nc(NCc2c(C)cc(C)[nH]c2=O)c2ncn(C(C)C)c2n1. The Bertz CT molecular complexity index is 971. The number of hydrogen-bond donors (Lipinski definition) is 3. The lowest BCUT2D eigenvalue weighted by atomic mass is 10.1. The Morgan fingerprint density at radius 3 is 2.68 bits per heavy atom. The molecule has 8 nitrogen and oxygen atoms in total. The molecule has 3 N–H and O–H groups in total. The summed E-state index contributed by atoms with van der Waals surface area (Å²) in [4.78, 5) is 28.5. The highest BCUT2D eigenvalue weighted by atomic mass is 16.1. The second-order valence-electron chi connectivity index (χ2n) is 6.36. The van der Waals surface area contributed by atoms with Crippen molar-refractivity contribution in [1.29, 1.82) is 0 Å². The maximum atomic E-state index is 12.2. The van der Waals surface area contributed by atoms with E-state index >= 15 is 0 Å². The molecule has 0 atom stereocenters. The summed E-state index contributed by atoms with van der Waals surface area (Å²) in [6.45, 7) is 8.32. The van der Waals surface area contributed by atoms with Crippen LogP contribution in [0, 0.1) is 13.8 Å². The van der Waals surface area contributed by atoms with Gasteiger partial charge in [-0.25, -0.2) is 4.98 Å². The molecule has 25 heavy (non-hydrogen) atoms. The molecule has 0 aliphatic carbocycles. The van der Waals surface area contributed by atoms with Gasteiger partial charge in [-0.3, -0.25) is 4.79 Å². The molecular weight excluding hydrogens is 318 g/mol. The van der Waals surface area contributed by atoms with Crippen LogP contribution in [0.1, 0.15) is 36.7 Å². The second-order valence-corrected chi connectivity index (χ2v) is 6.36. The summed E-state index contributed by atoms with van der Waals surface area (Å²) in [6, 6.07) is 2.19. The fourth-order valence-electron chi connectivity index (χ4n) is 2.80. The molecular formula is C17H23N7O. The molecule has 0 bridgehead atoms. The van der Waals surface area contributed by atoms with E-state index in [1.54, 1.807) is 13.4 Å². The summed E-state index contributed by atoms with van der Waals surface area (Å²) in [5, 5.41) is 6.22. The van der Waals surface area contributed by atoms with Crippen molar-refractivity contribution in [2.45, 2.75) is 40.3 Å². The van der Waals surface area contributed by atoms with Crippen LogP contribution in [0.5, 0.6) is 0 Å². The Hall–Kier alpha value is -2.90. The number of nitrogens with zero attached hydrogens (tertiary/aromatic N) is 4. The van der Waals surface area contributed by atoms with Crippen LogP contribution >= 0.6 is 0 Å². The Kier molecular flexibility index (Phi) is 4.43. The van der Waals surface area contributed by atoms with Gasteiger partial charge in [0.2, 0.25) is 5.95 Å². The van der Waals surface area contributed by atoms with Gasteiger partial charge < -0.3 is 20.2 Å². The molecule has 3 rings (SSSR count). The Balaban J connectivity index is 2.00. The summed E-state index contributed by atoms with van der Waals surface area (Å²) in [5.41, 5.74) is 3.84. The number of imidazole rings is 1. The van der Waals surface area contributed by atoms with Gasteiger partial charge >= 0.3 is 0 Å². The monoisotopic (exact) mass is 341 g/mol. The number of H-pyrrole nitrogens is 1. The topological polar surface area (TPSA) is 101 Å². The van der Waals surface area contributed by atoms with Crippen molar-refractivity contribution >= 4 is 22.9 Å². The Morgan fingerprint density at radius 1 is 1.28 bits per heavy atom. The van der Waals surface area contributed by atoms with E-state index in [-0.39, 0.29) is 11.6 Å². The smallest absolute Gasteiger partial charge is 0.253 e. The number of anilines is 2. The van der Waals surface area contributed by atoms with Crippen molar-refractivity contribution in [2.24, 2.45) is 0 Å². The molecule has 0 aromatic carbocycles. The highest BCUT2D eigenvalue weighted by molar-refractivity contribution is 5.84. The van der Waals surface area contributed by atoms with Gasteiger partial charge in [0, 0.05) is 30.9 Å². The van der Waals surface area contributed by atoms with Gasteiger partial charge in [-0.1, -0.05) is 0 Å². The molecule has 0 aliphatic rings. The van der Waals surface area contributed by atoms with E-state index < -0.39 is 0 Å². The molecule has 0 saturated carbocycles. The van der Waals surface area contributed by atoms with Crippen LogP contribution in [-0.2, 0) is 6.54 Å². The van der Waals surface area contributed by atoms with Crippen LogP contribution < -0.4 is 16.2 Å². The molecule has 0 spiro atoms. The Labute approximate surface area is 145 Å². The number of hydrogen-bond acceptors (Lipinski definition) is 6. The van der Waals surface area contributed by atoms with E-state index in [0.717, 1.165) is 16.9 Å². The highest BCUT2D eigenvalue weighted by Crippen LogP contribution is 2.23. The van der Waals surface area contributed by atoms with Crippen LogP contribution in [0.25, 0.3) is 11.2 Å². The zero-order valence-electron chi connectivity index (χ0n) is 15.1. The minimum absolute atomic E-state index is 0.0863. The minimum atomic E-state index is -0.0863. The first kappa shape index (κ1) is 16.9. The maximum absolute atomic E-state index is 12.2. The van der Waals surface area contributed by atoms with Gasteiger partial charge in [-0.05, 0) is 39.3 Å². The zero-order valence-corrected chi connectivity index (χ0v) is 15.1. The molecule has 132 valence electrons. The highest BCUT2D eigenvalue weighted by Gasteiger charge is 2.15. The van der Waals surface area contributed by atoms with Gasteiger partial charge in [0.25, 0.3) is 5.56 Å². The quantitative estimate of drug-likeness (QED) is 0.659. The van der Waals surface area contributed by atoms with E-state index in [1.807, 2.05) is 24.5 Å². The van der Waals surface area contributed by atoms with Crippen molar-refractivity contribution in [3.8, 4) is 0 Å². The number of aromatic amines is 1. The van der Waals surface area contributed by atoms with E-state index in [9.17, 15) is 4.79 Å². The van der Waals surface area contributed by atoms with Crippen molar-refractivity contribution in [1.82, 2.24) is 24.5 Å². The fraction of sp³-hybridized carbons (Fsp3) is 0.412. The first-order valence-corrected chi connectivity index (χ1v) is 8.26. The molecule has 3 heterocycles. The summed E-state index contributed by atoms with van der Waals surface area (Å²) < 4.78 is 1.99. The molecule has 3 aromatic heterocycles. The van der Waals surface area contributed by atoms with Crippen molar-refractivity contribution in [3.05, 3.63) is 39.6 Å². The van der Waals surface area contributed by atoms with Crippen LogP contribution in [0.3, 0.4) is 0 Å². The third-order valence-electron chi connectivity index (χ3n) is 4.13. The van der Waals surface area contributed by atoms with Crippen molar-refractivity contribution in [3.63, 3.8) is 0 Å². The van der Waals surface area contributed by atoms with Crippen LogP contribution in [0.2, 0.25) is 0 Å². The van der Waals surface area contributed by atoms with E-state index in [0.29, 0.717) is 29.4 Å². The number of aryl methyl sites for hydroxylation is 2. The summed E-state index contributed by atoms with van der Waals surface area (Å²) >= 11 is 0. The van der Waals surface area contributed by atoms with E-state index in [1.165, 1.54) is 0 Å². The van der Waals surface area contributed by atoms with Crippen LogP contribution in [0.15, 0.2) is 17.2 Å².